The zero-order valence-corrected chi connectivity index (χ0v) is 23.4. The topological polar surface area (TPSA) is 89.7 Å². The molecule has 1 unspecified atom stereocenters. The van der Waals surface area contributed by atoms with Crippen LogP contribution in [-0.2, 0) is 20.6 Å². The monoisotopic (exact) mass is 547 g/mol. The number of ketones is 2. The van der Waals surface area contributed by atoms with Crippen molar-refractivity contribution in [3.8, 4) is 5.75 Å². The summed E-state index contributed by atoms with van der Waals surface area (Å²) in [6.45, 7) is 3.85. The fourth-order valence-corrected chi connectivity index (χ4v) is 5.17. The van der Waals surface area contributed by atoms with Crippen LogP contribution in [0.2, 0.25) is 0 Å². The van der Waals surface area contributed by atoms with E-state index in [1.54, 1.807) is 12.1 Å². The lowest BCUT2D eigenvalue weighted by Crippen LogP contribution is -2.29. The van der Waals surface area contributed by atoms with E-state index >= 15 is 0 Å². The molecule has 10 heteroatoms. The van der Waals surface area contributed by atoms with Gasteiger partial charge in [-0.15, -0.1) is 0 Å². The predicted molar refractivity (Wildman–Crippen MR) is 147 cm³/mol. The molecule has 3 saturated heterocycles. The van der Waals surface area contributed by atoms with Gasteiger partial charge in [0.05, 0.1) is 5.70 Å². The normalized spacial score (nSPS) is 19.8. The van der Waals surface area contributed by atoms with Crippen molar-refractivity contribution < 1.29 is 23.6 Å². The fourth-order valence-electron chi connectivity index (χ4n) is 4.48. The molecule has 37 heavy (non-hydrogen) atoms. The molecular weight excluding hydrogens is 509 g/mol. The molecule has 1 N–H and O–H groups in total. The lowest BCUT2D eigenvalue weighted by atomic mass is 10.0. The molecule has 4 aliphatic rings. The smallest absolute Gasteiger partial charge is 0.417 e. The van der Waals surface area contributed by atoms with E-state index in [-0.39, 0.29) is 11.6 Å². The number of thiol groups is 1. The van der Waals surface area contributed by atoms with E-state index in [1.165, 1.54) is 44.6 Å². The Morgan fingerprint density at radius 1 is 0.865 bits per heavy atom. The van der Waals surface area contributed by atoms with Crippen LogP contribution in [-0.4, -0.2) is 70.4 Å². The quantitative estimate of drug-likeness (QED) is 0.122. The summed E-state index contributed by atoms with van der Waals surface area (Å²) in [5, 5.41) is 0. The van der Waals surface area contributed by atoms with Crippen molar-refractivity contribution >= 4 is 30.6 Å². The van der Waals surface area contributed by atoms with Gasteiger partial charge in [-0.2, -0.15) is 0 Å². The molecule has 3 heterocycles. The summed E-state index contributed by atoms with van der Waals surface area (Å²) in [6, 6.07) is 7.38. The molecular formula is C27H38N3O5PS. The maximum absolute atomic E-state index is 12.4. The molecule has 1 aromatic rings. The Morgan fingerprint density at radius 2 is 1.43 bits per heavy atom. The van der Waals surface area contributed by atoms with Gasteiger partial charge in [-0.1, -0.05) is 63.6 Å². The van der Waals surface area contributed by atoms with Crippen LogP contribution in [0.5, 0.6) is 5.75 Å². The summed E-state index contributed by atoms with van der Waals surface area (Å²) in [7, 11) is 0. The Balaban J connectivity index is 0.000000174. The molecule has 5 rings (SSSR count). The van der Waals surface area contributed by atoms with Crippen molar-refractivity contribution in [1.82, 2.24) is 14.7 Å². The number of Topliss-reactive ketones (excluding diaryl/α,β-unsaturated/α-hetero) is 1. The highest BCUT2D eigenvalue weighted by Crippen LogP contribution is 2.47. The number of benzene rings is 1. The number of para-hydroxylation sites is 1. The third-order valence-corrected chi connectivity index (χ3v) is 7.41. The Bertz CT molecular complexity index is 1100. The summed E-state index contributed by atoms with van der Waals surface area (Å²) in [6.07, 6.45) is 11.1. The minimum atomic E-state index is -3.78. The standard InChI is InChI=1S/C15H25O3PS.C12H13N3O2/c1-2-3-4-5-6-7-8-11-14-12-9-10-13-15(14)18-19(16,17)20;16-9-7-8(13-1-2-13)12(17)11(15-5-6-15)10(9)14-3-4-14/h9-10,12-13H,2-8,11H2,1H3,(H2,16,17,20);7H,1-6H2. The molecule has 0 radical (unpaired) electrons. The van der Waals surface area contributed by atoms with E-state index < -0.39 is 6.80 Å². The third-order valence-electron chi connectivity index (χ3n) is 6.73. The van der Waals surface area contributed by atoms with E-state index in [1.807, 2.05) is 26.8 Å². The molecule has 1 aromatic carbocycles. The van der Waals surface area contributed by atoms with Gasteiger partial charge in [0.2, 0.25) is 11.6 Å². The first kappa shape index (κ1) is 27.8. The van der Waals surface area contributed by atoms with Crippen molar-refractivity contribution in [2.45, 2.75) is 58.3 Å². The van der Waals surface area contributed by atoms with Crippen LogP contribution in [0.3, 0.4) is 0 Å². The molecule has 1 atom stereocenters. The van der Waals surface area contributed by atoms with Crippen molar-refractivity contribution in [3.05, 3.63) is 53.0 Å². The molecule has 0 saturated carbocycles. The zero-order chi connectivity index (χ0) is 26.4. The Morgan fingerprint density at radius 3 is 2.03 bits per heavy atom. The van der Waals surface area contributed by atoms with Gasteiger partial charge < -0.3 is 24.1 Å². The Labute approximate surface area is 225 Å². The molecule has 0 bridgehead atoms. The molecule has 3 fully saturated rings. The number of unbranched alkanes of at least 4 members (excludes halogenated alkanes) is 6. The number of hydrogen-bond donors (Lipinski definition) is 2. The number of aryl methyl sites for hydroxylation is 1. The summed E-state index contributed by atoms with van der Waals surface area (Å²) in [5.41, 5.74) is 2.86. The zero-order valence-electron chi connectivity index (χ0n) is 21.6. The van der Waals surface area contributed by atoms with Gasteiger partial charge in [-0.25, -0.2) is 4.57 Å². The molecule has 0 aromatic heterocycles. The molecule has 202 valence electrons. The number of carbonyl (C=O) groups excluding carboxylic acids is 2. The van der Waals surface area contributed by atoms with Gasteiger partial charge in [-0.3, -0.25) is 9.59 Å². The highest BCUT2D eigenvalue weighted by molar-refractivity contribution is 8.44. The number of rotatable bonds is 13. The third kappa shape index (κ3) is 8.39. The van der Waals surface area contributed by atoms with Crippen LogP contribution in [0.4, 0.5) is 0 Å². The minimum Gasteiger partial charge on any atom is -0.417 e. The van der Waals surface area contributed by atoms with Crippen molar-refractivity contribution in [2.75, 3.05) is 39.3 Å². The number of hydrogen-bond acceptors (Lipinski definition) is 7. The first-order valence-corrected chi connectivity index (χ1v) is 16.1. The summed E-state index contributed by atoms with van der Waals surface area (Å²) in [4.78, 5) is 39.7. The maximum atomic E-state index is 12.4. The fraction of sp³-hybridized carbons (Fsp3) is 0.556. The molecule has 3 aliphatic heterocycles. The lowest BCUT2D eigenvalue weighted by Gasteiger charge is -2.21. The van der Waals surface area contributed by atoms with Crippen molar-refractivity contribution in [3.63, 3.8) is 0 Å². The molecule has 1 aliphatic carbocycles. The largest absolute Gasteiger partial charge is 0.434 e. The molecule has 8 nitrogen and oxygen atoms in total. The first-order chi connectivity index (χ1) is 17.8. The Kier molecular flexibility index (Phi) is 9.43. The molecule has 0 spiro atoms. The van der Waals surface area contributed by atoms with Gasteiger partial charge in [-0.05, 0) is 36.7 Å². The lowest BCUT2D eigenvalue weighted by molar-refractivity contribution is -0.117. The van der Waals surface area contributed by atoms with E-state index in [2.05, 4.69) is 19.2 Å². The average Bonchev–Trinajstić information content (AvgIpc) is 3.69. The number of carbonyl (C=O) groups is 2. The second-order valence-electron chi connectivity index (χ2n) is 9.94. The van der Waals surface area contributed by atoms with Crippen molar-refractivity contribution in [2.24, 2.45) is 0 Å². The SMILES string of the molecule is CCCCCCCCCc1ccccc1OP(=O)(O)S.O=C1C=C(N2CC2)C(=O)C(N2CC2)=C1N1CC1. The van der Waals surface area contributed by atoms with E-state index in [0.29, 0.717) is 22.8 Å². The summed E-state index contributed by atoms with van der Waals surface area (Å²) >= 11 is 3.56. The number of allylic oxidation sites excluding steroid dienone is 1. The van der Waals surface area contributed by atoms with Gasteiger partial charge >= 0.3 is 6.80 Å². The van der Waals surface area contributed by atoms with Crippen LogP contribution >= 0.6 is 19.0 Å². The van der Waals surface area contributed by atoms with Gasteiger partial charge in [0.15, 0.2) is 0 Å². The average molecular weight is 548 g/mol. The van der Waals surface area contributed by atoms with Crippen LogP contribution in [0.15, 0.2) is 47.4 Å². The van der Waals surface area contributed by atoms with E-state index in [4.69, 9.17) is 4.52 Å². The molecule has 0 amide bonds. The van der Waals surface area contributed by atoms with Gasteiger partial charge in [0.25, 0.3) is 0 Å². The minimum absolute atomic E-state index is 0.00546. The maximum Gasteiger partial charge on any atom is 0.434 e. The highest BCUT2D eigenvalue weighted by atomic mass is 32.7. The highest BCUT2D eigenvalue weighted by Gasteiger charge is 2.43. The van der Waals surface area contributed by atoms with E-state index in [9.17, 15) is 19.0 Å². The van der Waals surface area contributed by atoms with E-state index in [0.717, 1.165) is 57.7 Å². The Hall–Kier alpha value is -2.22. The summed E-state index contributed by atoms with van der Waals surface area (Å²) < 4.78 is 16.2. The summed E-state index contributed by atoms with van der Waals surface area (Å²) in [5.74, 6) is 0.520. The van der Waals surface area contributed by atoms with Gasteiger partial charge in [0.1, 0.15) is 17.1 Å². The van der Waals surface area contributed by atoms with Crippen LogP contribution in [0.25, 0.3) is 0 Å². The van der Waals surface area contributed by atoms with Gasteiger partial charge in [0, 0.05) is 45.3 Å². The van der Waals surface area contributed by atoms with Crippen LogP contribution < -0.4 is 4.52 Å². The van der Waals surface area contributed by atoms with Crippen LogP contribution in [0.1, 0.15) is 57.4 Å². The van der Waals surface area contributed by atoms with Crippen molar-refractivity contribution in [1.29, 1.82) is 0 Å². The number of nitrogens with zero attached hydrogens (tertiary/aromatic N) is 3. The first-order valence-electron chi connectivity index (χ1n) is 13.4. The predicted octanol–water partition coefficient (Wildman–Crippen LogP) is 4.57. The second kappa shape index (κ2) is 12.5. The van der Waals surface area contributed by atoms with Crippen LogP contribution in [0, 0.1) is 0 Å². The second-order valence-corrected chi connectivity index (χ2v) is 12.6.